The average Bonchev–Trinajstić information content (AvgIpc) is 2.39. The first-order chi connectivity index (χ1) is 9.12. The van der Waals surface area contributed by atoms with Crippen LogP contribution in [0.2, 0.25) is 0 Å². The van der Waals surface area contributed by atoms with Crippen molar-refractivity contribution in [1.29, 1.82) is 0 Å². The molecule has 0 aliphatic heterocycles. The molecule has 0 bridgehead atoms. The maximum atomic E-state index is 5.99. The quantitative estimate of drug-likeness (QED) is 0.682. The Kier molecular flexibility index (Phi) is 7.17. The average molecular weight is 285 g/mol. The standard InChI is InChI=1S/C15H25ClN2O/c1-5-6-14-9-13(11-16)10-15(17-14)18(12(2)3)7-8-19-4/h9-10,12H,5-8,11H2,1-4H3. The molecule has 3 nitrogen and oxygen atoms in total. The van der Waals surface area contributed by atoms with Crippen molar-refractivity contribution in [3.8, 4) is 0 Å². The van der Waals surface area contributed by atoms with Crippen molar-refractivity contribution in [2.24, 2.45) is 0 Å². The molecule has 0 radical (unpaired) electrons. The molecule has 0 aliphatic rings. The molecule has 0 unspecified atom stereocenters. The highest BCUT2D eigenvalue weighted by Gasteiger charge is 2.13. The van der Waals surface area contributed by atoms with Gasteiger partial charge in [0.05, 0.1) is 6.61 Å². The third kappa shape index (κ3) is 5.00. The normalized spacial score (nSPS) is 11.1. The van der Waals surface area contributed by atoms with Crippen LogP contribution in [0.25, 0.3) is 0 Å². The van der Waals surface area contributed by atoms with Gasteiger partial charge in [-0.3, -0.25) is 0 Å². The zero-order valence-electron chi connectivity index (χ0n) is 12.4. The van der Waals surface area contributed by atoms with E-state index in [0.29, 0.717) is 18.5 Å². The summed E-state index contributed by atoms with van der Waals surface area (Å²) >= 11 is 5.99. The summed E-state index contributed by atoms with van der Waals surface area (Å²) in [6.07, 6.45) is 2.09. The van der Waals surface area contributed by atoms with Crippen LogP contribution in [0.3, 0.4) is 0 Å². The van der Waals surface area contributed by atoms with E-state index in [1.54, 1.807) is 7.11 Å². The summed E-state index contributed by atoms with van der Waals surface area (Å²) in [5.41, 5.74) is 2.26. The minimum Gasteiger partial charge on any atom is -0.383 e. The minimum absolute atomic E-state index is 0.391. The highest BCUT2D eigenvalue weighted by molar-refractivity contribution is 6.17. The molecule has 1 aromatic heterocycles. The van der Waals surface area contributed by atoms with Crippen molar-refractivity contribution < 1.29 is 4.74 Å². The molecule has 0 N–H and O–H groups in total. The number of nitrogens with zero attached hydrogens (tertiary/aromatic N) is 2. The fourth-order valence-corrected chi connectivity index (χ4v) is 2.22. The largest absolute Gasteiger partial charge is 0.383 e. The molecule has 0 spiro atoms. The number of methoxy groups -OCH3 is 1. The van der Waals surface area contributed by atoms with Crippen molar-refractivity contribution in [3.63, 3.8) is 0 Å². The van der Waals surface area contributed by atoms with Crippen molar-refractivity contribution >= 4 is 17.4 Å². The topological polar surface area (TPSA) is 25.4 Å². The van der Waals surface area contributed by atoms with Gasteiger partial charge in [0.15, 0.2) is 0 Å². The van der Waals surface area contributed by atoms with E-state index >= 15 is 0 Å². The van der Waals surface area contributed by atoms with E-state index in [1.807, 2.05) is 0 Å². The summed E-state index contributed by atoms with van der Waals surface area (Å²) in [6.45, 7) is 8.06. The van der Waals surface area contributed by atoms with Gasteiger partial charge in [0.2, 0.25) is 0 Å². The molecule has 0 amide bonds. The summed E-state index contributed by atoms with van der Waals surface area (Å²) < 4.78 is 5.18. The van der Waals surface area contributed by atoms with E-state index in [2.05, 4.69) is 37.8 Å². The molecule has 4 heteroatoms. The number of alkyl halides is 1. The van der Waals surface area contributed by atoms with E-state index in [9.17, 15) is 0 Å². The lowest BCUT2D eigenvalue weighted by Gasteiger charge is -2.28. The second kappa shape index (κ2) is 8.39. The SMILES string of the molecule is CCCc1cc(CCl)cc(N(CCOC)C(C)C)n1. The summed E-state index contributed by atoms with van der Waals surface area (Å²) in [7, 11) is 1.73. The number of hydrogen-bond acceptors (Lipinski definition) is 3. The van der Waals surface area contributed by atoms with Crippen molar-refractivity contribution in [3.05, 3.63) is 23.4 Å². The predicted octanol–water partition coefficient (Wildman–Crippen LogP) is 3.63. The Balaban J connectivity index is 3.02. The molecule has 0 fully saturated rings. The molecule has 1 aromatic rings. The lowest BCUT2D eigenvalue weighted by molar-refractivity contribution is 0.203. The first-order valence-electron chi connectivity index (χ1n) is 6.93. The fourth-order valence-electron chi connectivity index (χ4n) is 2.07. The third-order valence-corrected chi connectivity index (χ3v) is 3.35. The zero-order valence-corrected chi connectivity index (χ0v) is 13.2. The fraction of sp³-hybridized carbons (Fsp3) is 0.667. The van der Waals surface area contributed by atoms with E-state index in [1.165, 1.54) is 0 Å². The van der Waals surface area contributed by atoms with Gasteiger partial charge < -0.3 is 9.64 Å². The van der Waals surface area contributed by atoms with Crippen LogP contribution in [-0.2, 0) is 17.0 Å². The molecule has 0 atom stereocenters. The van der Waals surface area contributed by atoms with Gasteiger partial charge in [-0.25, -0.2) is 4.98 Å². The lowest BCUT2D eigenvalue weighted by Crippen LogP contribution is -2.34. The molecular weight excluding hydrogens is 260 g/mol. The van der Waals surface area contributed by atoms with Crippen LogP contribution >= 0.6 is 11.6 Å². The summed E-state index contributed by atoms with van der Waals surface area (Å²) in [5.74, 6) is 1.54. The number of rotatable bonds is 8. The zero-order chi connectivity index (χ0) is 14.3. The van der Waals surface area contributed by atoms with Gasteiger partial charge in [0, 0.05) is 31.3 Å². The number of ether oxygens (including phenoxy) is 1. The first kappa shape index (κ1) is 16.3. The molecule has 1 rings (SSSR count). The Hall–Kier alpha value is -0.800. The molecule has 0 saturated heterocycles. The molecular formula is C15H25ClN2O. The molecule has 108 valence electrons. The van der Waals surface area contributed by atoms with E-state index in [0.717, 1.165) is 36.5 Å². The van der Waals surface area contributed by atoms with Crippen molar-refractivity contribution in [2.75, 3.05) is 25.2 Å². The predicted molar refractivity (Wildman–Crippen MR) is 82.1 cm³/mol. The number of hydrogen-bond donors (Lipinski definition) is 0. The van der Waals surface area contributed by atoms with E-state index in [-0.39, 0.29) is 0 Å². The first-order valence-corrected chi connectivity index (χ1v) is 7.47. The Bertz CT molecular complexity index is 382. The Morgan fingerprint density at radius 1 is 1.37 bits per heavy atom. The van der Waals surface area contributed by atoms with Gasteiger partial charge in [-0.2, -0.15) is 0 Å². The van der Waals surface area contributed by atoms with Crippen LogP contribution < -0.4 is 4.90 Å². The van der Waals surface area contributed by atoms with Crippen LogP contribution in [0, 0.1) is 0 Å². The summed E-state index contributed by atoms with van der Waals surface area (Å²) in [5, 5.41) is 0. The monoisotopic (exact) mass is 284 g/mol. The number of pyridine rings is 1. The Morgan fingerprint density at radius 2 is 2.11 bits per heavy atom. The molecule has 1 heterocycles. The lowest BCUT2D eigenvalue weighted by atomic mass is 10.1. The smallest absolute Gasteiger partial charge is 0.129 e. The number of aromatic nitrogens is 1. The molecule has 0 aromatic carbocycles. The molecule has 0 aliphatic carbocycles. The van der Waals surface area contributed by atoms with Crippen molar-refractivity contribution in [2.45, 2.75) is 45.5 Å². The highest BCUT2D eigenvalue weighted by Crippen LogP contribution is 2.19. The number of anilines is 1. The highest BCUT2D eigenvalue weighted by atomic mass is 35.5. The Labute approximate surface area is 121 Å². The van der Waals surface area contributed by atoms with Gasteiger partial charge in [-0.1, -0.05) is 13.3 Å². The van der Waals surface area contributed by atoms with Gasteiger partial charge in [0.1, 0.15) is 5.82 Å². The number of aryl methyl sites for hydroxylation is 1. The molecule has 19 heavy (non-hydrogen) atoms. The minimum atomic E-state index is 0.391. The van der Waals surface area contributed by atoms with Gasteiger partial charge in [-0.05, 0) is 38.0 Å². The Morgan fingerprint density at radius 3 is 2.63 bits per heavy atom. The maximum absolute atomic E-state index is 5.99. The van der Waals surface area contributed by atoms with Crippen molar-refractivity contribution in [1.82, 2.24) is 4.98 Å². The van der Waals surface area contributed by atoms with Crippen LogP contribution in [0.4, 0.5) is 5.82 Å². The number of halogens is 1. The van der Waals surface area contributed by atoms with Crippen LogP contribution in [0.5, 0.6) is 0 Å². The van der Waals surface area contributed by atoms with Gasteiger partial charge in [-0.15, -0.1) is 11.6 Å². The summed E-state index contributed by atoms with van der Waals surface area (Å²) in [4.78, 5) is 7.02. The van der Waals surface area contributed by atoms with Gasteiger partial charge in [0.25, 0.3) is 0 Å². The van der Waals surface area contributed by atoms with E-state index < -0.39 is 0 Å². The third-order valence-electron chi connectivity index (χ3n) is 3.04. The second-order valence-corrected chi connectivity index (χ2v) is 5.26. The van der Waals surface area contributed by atoms with E-state index in [4.69, 9.17) is 21.3 Å². The summed E-state index contributed by atoms with van der Waals surface area (Å²) in [6, 6.07) is 4.58. The van der Waals surface area contributed by atoms with Crippen LogP contribution in [0.15, 0.2) is 12.1 Å². The van der Waals surface area contributed by atoms with Crippen LogP contribution in [0.1, 0.15) is 38.4 Å². The maximum Gasteiger partial charge on any atom is 0.129 e. The second-order valence-electron chi connectivity index (χ2n) is 4.99. The van der Waals surface area contributed by atoms with Gasteiger partial charge >= 0.3 is 0 Å². The van der Waals surface area contributed by atoms with Crippen LogP contribution in [-0.4, -0.2) is 31.3 Å². The molecule has 0 saturated carbocycles.